The third-order valence-corrected chi connectivity index (χ3v) is 3.50. The topological polar surface area (TPSA) is 88.2 Å². The van der Waals surface area contributed by atoms with Crippen molar-refractivity contribution in [1.29, 1.82) is 0 Å². The lowest BCUT2D eigenvalue weighted by Gasteiger charge is -2.11. The average Bonchev–Trinajstić information content (AvgIpc) is 2.68. The fourth-order valence-corrected chi connectivity index (χ4v) is 2.28. The molecule has 1 aromatic heterocycles. The molecule has 1 fully saturated rings. The van der Waals surface area contributed by atoms with Crippen molar-refractivity contribution in [2.24, 2.45) is 11.7 Å². The number of halogens is 2. The Morgan fingerprint density at radius 1 is 1.50 bits per heavy atom. The molecule has 2 rings (SSSR count). The smallest absolute Gasteiger partial charge is 0.223 e. The van der Waals surface area contributed by atoms with Gasteiger partial charge in [-0.1, -0.05) is 6.07 Å². The number of hydrogen-bond donors (Lipinski definition) is 3. The molecular formula is C13H21Cl2N3O2. The van der Waals surface area contributed by atoms with Crippen molar-refractivity contribution in [3.63, 3.8) is 0 Å². The molecule has 1 amide bonds. The van der Waals surface area contributed by atoms with Crippen LogP contribution in [0.3, 0.4) is 0 Å². The first kappa shape index (κ1) is 19.1. The number of aromatic nitrogens is 1. The number of aliphatic hydroxyl groups is 1. The lowest BCUT2D eigenvalue weighted by Crippen LogP contribution is -2.30. The van der Waals surface area contributed by atoms with E-state index >= 15 is 0 Å². The van der Waals surface area contributed by atoms with E-state index < -0.39 is 6.10 Å². The Kier molecular flexibility index (Phi) is 8.05. The van der Waals surface area contributed by atoms with E-state index in [4.69, 9.17) is 5.73 Å². The van der Waals surface area contributed by atoms with E-state index in [-0.39, 0.29) is 42.7 Å². The van der Waals surface area contributed by atoms with Crippen LogP contribution in [0.1, 0.15) is 24.1 Å². The van der Waals surface area contributed by atoms with E-state index in [0.29, 0.717) is 19.4 Å². The Bertz CT molecular complexity index is 435. The third-order valence-electron chi connectivity index (χ3n) is 3.50. The maximum absolute atomic E-state index is 11.9. The van der Waals surface area contributed by atoms with Crippen molar-refractivity contribution in [3.8, 4) is 0 Å². The van der Waals surface area contributed by atoms with Crippen LogP contribution in [0.4, 0.5) is 0 Å². The SMILES string of the molecule is Cc1cccnc1CNC(=O)[C@H]1C[C@H](N)[C@@H](O)C1.Cl.Cl. The number of aryl methyl sites for hydroxylation is 1. The summed E-state index contributed by atoms with van der Waals surface area (Å²) in [6.45, 7) is 2.39. The summed E-state index contributed by atoms with van der Waals surface area (Å²) in [7, 11) is 0. The van der Waals surface area contributed by atoms with Crippen LogP contribution in [0.25, 0.3) is 0 Å². The predicted molar refractivity (Wildman–Crippen MR) is 82.0 cm³/mol. The number of aliphatic hydroxyl groups excluding tert-OH is 1. The minimum atomic E-state index is -0.558. The molecule has 0 aliphatic heterocycles. The number of carbonyl (C=O) groups excluding carboxylic acids is 1. The van der Waals surface area contributed by atoms with Crippen LogP contribution >= 0.6 is 24.8 Å². The highest BCUT2D eigenvalue weighted by Crippen LogP contribution is 2.24. The summed E-state index contributed by atoms with van der Waals surface area (Å²) in [6, 6.07) is 3.55. The van der Waals surface area contributed by atoms with Gasteiger partial charge in [0.05, 0.1) is 18.3 Å². The van der Waals surface area contributed by atoms with Gasteiger partial charge in [-0.25, -0.2) is 0 Å². The summed E-state index contributed by atoms with van der Waals surface area (Å²) in [5.41, 5.74) is 7.62. The number of hydrogen-bond acceptors (Lipinski definition) is 4. The molecule has 0 aromatic carbocycles. The molecule has 0 spiro atoms. The fourth-order valence-electron chi connectivity index (χ4n) is 2.28. The van der Waals surface area contributed by atoms with Gasteiger partial charge in [-0.2, -0.15) is 0 Å². The molecule has 0 unspecified atom stereocenters. The summed E-state index contributed by atoms with van der Waals surface area (Å²) < 4.78 is 0. The summed E-state index contributed by atoms with van der Waals surface area (Å²) in [5, 5.41) is 12.4. The van der Waals surface area contributed by atoms with Crippen molar-refractivity contribution in [2.45, 2.75) is 38.5 Å². The first-order chi connectivity index (χ1) is 8.58. The van der Waals surface area contributed by atoms with Gasteiger partial charge in [0, 0.05) is 18.2 Å². The fraction of sp³-hybridized carbons (Fsp3) is 0.538. The molecule has 0 saturated heterocycles. The van der Waals surface area contributed by atoms with Gasteiger partial charge in [0.1, 0.15) is 0 Å². The molecule has 0 bridgehead atoms. The molecule has 1 aromatic rings. The van der Waals surface area contributed by atoms with Gasteiger partial charge in [0.15, 0.2) is 0 Å². The van der Waals surface area contributed by atoms with E-state index in [1.165, 1.54) is 0 Å². The van der Waals surface area contributed by atoms with Crippen molar-refractivity contribution in [3.05, 3.63) is 29.6 Å². The molecular weight excluding hydrogens is 301 g/mol. The minimum Gasteiger partial charge on any atom is -0.391 e. The van der Waals surface area contributed by atoms with Gasteiger partial charge < -0.3 is 16.2 Å². The number of pyridine rings is 1. The molecule has 5 nitrogen and oxygen atoms in total. The Balaban J connectivity index is 0.00000180. The number of amides is 1. The first-order valence-electron chi connectivity index (χ1n) is 6.19. The van der Waals surface area contributed by atoms with E-state index in [1.807, 2.05) is 19.1 Å². The lowest BCUT2D eigenvalue weighted by molar-refractivity contribution is -0.125. The zero-order valence-electron chi connectivity index (χ0n) is 11.3. The molecule has 1 aliphatic carbocycles. The van der Waals surface area contributed by atoms with Crippen LogP contribution in [0.2, 0.25) is 0 Å². The molecule has 20 heavy (non-hydrogen) atoms. The van der Waals surface area contributed by atoms with Gasteiger partial charge in [-0.05, 0) is 31.4 Å². The number of nitrogens with zero attached hydrogens (tertiary/aromatic N) is 1. The van der Waals surface area contributed by atoms with E-state index in [0.717, 1.165) is 11.3 Å². The first-order valence-corrected chi connectivity index (χ1v) is 6.19. The summed E-state index contributed by atoms with van der Waals surface area (Å²) in [4.78, 5) is 16.1. The maximum atomic E-state index is 11.9. The van der Waals surface area contributed by atoms with Crippen molar-refractivity contribution >= 4 is 30.7 Å². The Hall–Kier alpha value is -0.880. The van der Waals surface area contributed by atoms with E-state index in [2.05, 4.69) is 10.3 Å². The second-order valence-corrected chi connectivity index (χ2v) is 4.88. The quantitative estimate of drug-likeness (QED) is 0.773. The molecule has 4 N–H and O–H groups in total. The third kappa shape index (κ3) is 4.59. The molecule has 1 saturated carbocycles. The highest BCUT2D eigenvalue weighted by atomic mass is 35.5. The Morgan fingerprint density at radius 3 is 2.75 bits per heavy atom. The van der Waals surface area contributed by atoms with Crippen LogP contribution < -0.4 is 11.1 Å². The van der Waals surface area contributed by atoms with Gasteiger partial charge >= 0.3 is 0 Å². The minimum absolute atomic E-state index is 0. The van der Waals surface area contributed by atoms with Gasteiger partial charge in [0.25, 0.3) is 0 Å². The molecule has 1 aliphatic rings. The Labute approximate surface area is 131 Å². The van der Waals surface area contributed by atoms with E-state index in [9.17, 15) is 9.90 Å². The molecule has 3 atom stereocenters. The molecule has 1 heterocycles. The monoisotopic (exact) mass is 321 g/mol. The Morgan fingerprint density at radius 2 is 2.20 bits per heavy atom. The normalized spacial score (nSPS) is 24.4. The maximum Gasteiger partial charge on any atom is 0.223 e. The predicted octanol–water partition coefficient (Wildman–Crippen LogP) is 0.948. The van der Waals surface area contributed by atoms with Crippen molar-refractivity contribution in [2.75, 3.05) is 0 Å². The number of rotatable bonds is 3. The van der Waals surface area contributed by atoms with Crippen LogP contribution in [0.15, 0.2) is 18.3 Å². The van der Waals surface area contributed by atoms with E-state index in [1.54, 1.807) is 6.20 Å². The number of nitrogens with two attached hydrogens (primary N) is 1. The lowest BCUT2D eigenvalue weighted by atomic mass is 10.1. The molecule has 114 valence electrons. The summed E-state index contributed by atoms with van der Waals surface area (Å²) in [5.74, 6) is -0.230. The molecule has 7 heteroatoms. The summed E-state index contributed by atoms with van der Waals surface area (Å²) in [6.07, 6.45) is 2.16. The van der Waals surface area contributed by atoms with Gasteiger partial charge in [0.2, 0.25) is 5.91 Å². The van der Waals surface area contributed by atoms with Crippen LogP contribution in [0.5, 0.6) is 0 Å². The second kappa shape index (κ2) is 8.42. The summed E-state index contributed by atoms with van der Waals surface area (Å²) >= 11 is 0. The number of carbonyl (C=O) groups is 1. The highest BCUT2D eigenvalue weighted by Gasteiger charge is 2.34. The van der Waals surface area contributed by atoms with Crippen molar-refractivity contribution < 1.29 is 9.90 Å². The van der Waals surface area contributed by atoms with Gasteiger partial charge in [-0.3, -0.25) is 9.78 Å². The zero-order chi connectivity index (χ0) is 13.1. The van der Waals surface area contributed by atoms with Gasteiger partial charge in [-0.15, -0.1) is 24.8 Å². The van der Waals surface area contributed by atoms with Crippen LogP contribution in [-0.2, 0) is 11.3 Å². The van der Waals surface area contributed by atoms with Crippen LogP contribution in [0, 0.1) is 12.8 Å². The highest BCUT2D eigenvalue weighted by molar-refractivity contribution is 5.85. The molecule has 0 radical (unpaired) electrons. The largest absolute Gasteiger partial charge is 0.391 e. The zero-order valence-corrected chi connectivity index (χ0v) is 12.9. The second-order valence-electron chi connectivity index (χ2n) is 4.88. The number of nitrogens with one attached hydrogen (secondary N) is 1. The standard InChI is InChI=1S/C13H19N3O2.2ClH/c1-8-3-2-4-15-11(8)7-16-13(18)9-5-10(14)12(17)6-9;;/h2-4,9-10,12,17H,5-7,14H2,1H3,(H,16,18);2*1H/t9-,10-,12-;;/m0../s1. The average molecular weight is 322 g/mol. The van der Waals surface area contributed by atoms with Crippen LogP contribution in [-0.4, -0.2) is 28.1 Å². The van der Waals surface area contributed by atoms with Crippen molar-refractivity contribution in [1.82, 2.24) is 10.3 Å².